The number of piperazine rings is 1. The summed E-state index contributed by atoms with van der Waals surface area (Å²) in [5, 5.41) is 5.77. The fourth-order valence-corrected chi connectivity index (χ4v) is 2.13. The molecule has 1 fully saturated rings. The highest BCUT2D eigenvalue weighted by Crippen LogP contribution is 2.04. The summed E-state index contributed by atoms with van der Waals surface area (Å²) in [6, 6.07) is 0. The number of amides is 2. The number of aromatic nitrogens is 1. The second kappa shape index (κ2) is 5.74. The molecule has 2 amide bonds. The van der Waals surface area contributed by atoms with E-state index in [9.17, 15) is 9.59 Å². The summed E-state index contributed by atoms with van der Waals surface area (Å²) in [5.74, 6) is -0.277. The normalized spacial score (nSPS) is 15.6. The van der Waals surface area contributed by atoms with Gasteiger partial charge in [-0.3, -0.25) is 14.6 Å². The van der Waals surface area contributed by atoms with Crippen molar-refractivity contribution in [1.82, 2.24) is 20.5 Å². The molecule has 1 aromatic rings. The zero-order chi connectivity index (χ0) is 12.1. The minimum absolute atomic E-state index is 0.0376. The van der Waals surface area contributed by atoms with E-state index in [0.29, 0.717) is 18.0 Å². The molecule has 0 radical (unpaired) electrons. The molecule has 1 aromatic heterocycles. The Hall–Kier alpha value is -1.47. The van der Waals surface area contributed by atoms with Crippen molar-refractivity contribution >= 4 is 23.2 Å². The maximum Gasteiger partial charge on any atom is 0.263 e. The van der Waals surface area contributed by atoms with Crippen LogP contribution < -0.4 is 10.6 Å². The van der Waals surface area contributed by atoms with Gasteiger partial charge >= 0.3 is 0 Å². The summed E-state index contributed by atoms with van der Waals surface area (Å²) in [5.41, 5.74) is 1.59. The zero-order valence-corrected chi connectivity index (χ0v) is 10.1. The second-order valence-electron chi connectivity index (χ2n) is 3.68. The molecule has 17 heavy (non-hydrogen) atoms. The Balaban J connectivity index is 1.77. The number of hydrogen-bond acceptors (Lipinski definition) is 5. The van der Waals surface area contributed by atoms with E-state index in [-0.39, 0.29) is 18.4 Å². The molecule has 2 heterocycles. The van der Waals surface area contributed by atoms with E-state index >= 15 is 0 Å². The largest absolute Gasteiger partial charge is 0.342 e. The van der Waals surface area contributed by atoms with Crippen LogP contribution in [0, 0.1) is 0 Å². The zero-order valence-electron chi connectivity index (χ0n) is 9.31. The van der Waals surface area contributed by atoms with Gasteiger partial charge in [-0.1, -0.05) is 0 Å². The first-order chi connectivity index (χ1) is 8.27. The van der Waals surface area contributed by atoms with E-state index in [2.05, 4.69) is 15.6 Å². The lowest BCUT2D eigenvalue weighted by molar-refractivity contribution is -0.130. The average molecular weight is 254 g/mol. The van der Waals surface area contributed by atoms with Crippen molar-refractivity contribution in [2.75, 3.05) is 32.7 Å². The Kier molecular flexibility index (Phi) is 4.05. The molecule has 0 unspecified atom stereocenters. The van der Waals surface area contributed by atoms with Gasteiger partial charge in [-0.25, -0.2) is 0 Å². The third kappa shape index (κ3) is 3.24. The van der Waals surface area contributed by atoms with Crippen LogP contribution in [0.2, 0.25) is 0 Å². The van der Waals surface area contributed by atoms with Crippen molar-refractivity contribution in [2.24, 2.45) is 0 Å². The molecule has 7 heteroatoms. The van der Waals surface area contributed by atoms with Crippen LogP contribution >= 0.6 is 11.3 Å². The van der Waals surface area contributed by atoms with Crippen LogP contribution in [0.15, 0.2) is 11.7 Å². The fraction of sp³-hybridized carbons (Fsp3) is 0.500. The molecule has 0 atom stereocenters. The first kappa shape index (κ1) is 12.0. The van der Waals surface area contributed by atoms with Crippen LogP contribution in [-0.4, -0.2) is 54.4 Å². The smallest absolute Gasteiger partial charge is 0.263 e. The predicted molar refractivity (Wildman–Crippen MR) is 63.9 cm³/mol. The van der Waals surface area contributed by atoms with E-state index in [4.69, 9.17) is 0 Å². The number of carbonyl (C=O) groups excluding carboxylic acids is 2. The third-order valence-electron chi connectivity index (χ3n) is 2.53. The molecule has 0 aliphatic carbocycles. The van der Waals surface area contributed by atoms with Gasteiger partial charge in [0.2, 0.25) is 5.91 Å². The van der Waals surface area contributed by atoms with Crippen molar-refractivity contribution in [3.8, 4) is 0 Å². The summed E-state index contributed by atoms with van der Waals surface area (Å²) < 4.78 is 0. The molecule has 92 valence electrons. The lowest BCUT2D eigenvalue weighted by atomic mass is 10.3. The number of hydrogen-bond donors (Lipinski definition) is 2. The molecule has 1 saturated heterocycles. The van der Waals surface area contributed by atoms with Crippen LogP contribution in [0.1, 0.15) is 9.67 Å². The lowest BCUT2D eigenvalue weighted by Gasteiger charge is -2.27. The highest BCUT2D eigenvalue weighted by atomic mass is 32.1. The Morgan fingerprint density at radius 2 is 2.24 bits per heavy atom. The average Bonchev–Trinajstić information content (AvgIpc) is 2.90. The van der Waals surface area contributed by atoms with Gasteiger partial charge in [0.05, 0.1) is 18.3 Å². The van der Waals surface area contributed by atoms with E-state index < -0.39 is 0 Å². The van der Waals surface area contributed by atoms with Gasteiger partial charge in [-0.05, 0) is 0 Å². The van der Waals surface area contributed by atoms with Crippen LogP contribution in [0.3, 0.4) is 0 Å². The topological polar surface area (TPSA) is 74.3 Å². The molecular formula is C10H14N4O2S. The van der Waals surface area contributed by atoms with Gasteiger partial charge in [-0.2, -0.15) is 0 Å². The van der Waals surface area contributed by atoms with Gasteiger partial charge < -0.3 is 15.5 Å². The van der Waals surface area contributed by atoms with Gasteiger partial charge in [0.15, 0.2) is 0 Å². The predicted octanol–water partition coefficient (Wildman–Crippen LogP) is -0.695. The molecule has 1 aliphatic rings. The van der Waals surface area contributed by atoms with E-state index in [1.807, 2.05) is 0 Å². The molecule has 0 bridgehead atoms. The van der Waals surface area contributed by atoms with Crippen molar-refractivity contribution in [3.05, 3.63) is 16.6 Å². The Morgan fingerprint density at radius 1 is 1.47 bits per heavy atom. The molecule has 6 nitrogen and oxygen atoms in total. The second-order valence-corrected chi connectivity index (χ2v) is 4.57. The molecule has 0 saturated carbocycles. The van der Waals surface area contributed by atoms with E-state index in [0.717, 1.165) is 13.1 Å². The number of thiazole rings is 1. The number of nitrogens with zero attached hydrogens (tertiary/aromatic N) is 2. The molecule has 0 aromatic carbocycles. The summed E-state index contributed by atoms with van der Waals surface area (Å²) in [4.78, 5) is 29.4. The van der Waals surface area contributed by atoms with Crippen molar-refractivity contribution in [1.29, 1.82) is 0 Å². The van der Waals surface area contributed by atoms with E-state index in [1.54, 1.807) is 10.4 Å². The monoisotopic (exact) mass is 254 g/mol. The minimum atomic E-state index is -0.240. The molecule has 2 rings (SSSR count). The first-order valence-corrected chi connectivity index (χ1v) is 6.30. The van der Waals surface area contributed by atoms with Gasteiger partial charge in [0, 0.05) is 26.2 Å². The summed E-state index contributed by atoms with van der Waals surface area (Å²) in [6.07, 6.45) is 1.50. The van der Waals surface area contributed by atoms with Crippen molar-refractivity contribution in [3.63, 3.8) is 0 Å². The highest BCUT2D eigenvalue weighted by molar-refractivity contribution is 7.11. The number of rotatable bonds is 3. The number of nitrogens with one attached hydrogen (secondary N) is 2. The maximum absolute atomic E-state index is 11.7. The van der Waals surface area contributed by atoms with Crippen LogP contribution in [-0.2, 0) is 4.79 Å². The van der Waals surface area contributed by atoms with Crippen LogP contribution in [0.5, 0.6) is 0 Å². The van der Waals surface area contributed by atoms with Crippen LogP contribution in [0.25, 0.3) is 0 Å². The molecular weight excluding hydrogens is 240 g/mol. The Morgan fingerprint density at radius 3 is 2.88 bits per heavy atom. The summed E-state index contributed by atoms with van der Waals surface area (Å²) in [6.45, 7) is 3.09. The first-order valence-electron chi connectivity index (χ1n) is 5.42. The van der Waals surface area contributed by atoms with Gasteiger partial charge in [0.25, 0.3) is 5.91 Å². The summed E-state index contributed by atoms with van der Waals surface area (Å²) in [7, 11) is 0. The van der Waals surface area contributed by atoms with Crippen LogP contribution in [0.4, 0.5) is 0 Å². The fourth-order valence-electron chi connectivity index (χ4n) is 1.60. The summed E-state index contributed by atoms with van der Waals surface area (Å²) >= 11 is 1.26. The van der Waals surface area contributed by atoms with Gasteiger partial charge in [0.1, 0.15) is 4.88 Å². The quantitative estimate of drug-likeness (QED) is 0.748. The standard InChI is InChI=1S/C10H14N4O2S/c15-9(14-3-1-11-2-4-14)6-13-10(16)8-5-12-7-17-8/h5,7,11H,1-4,6H2,(H,13,16). The van der Waals surface area contributed by atoms with Crippen molar-refractivity contribution in [2.45, 2.75) is 0 Å². The Bertz CT molecular complexity index is 387. The molecule has 1 aliphatic heterocycles. The van der Waals surface area contributed by atoms with Gasteiger partial charge in [-0.15, -0.1) is 11.3 Å². The minimum Gasteiger partial charge on any atom is -0.342 e. The Labute approximate surface area is 103 Å². The van der Waals surface area contributed by atoms with Crippen molar-refractivity contribution < 1.29 is 9.59 Å². The maximum atomic E-state index is 11.7. The highest BCUT2D eigenvalue weighted by Gasteiger charge is 2.17. The third-order valence-corrected chi connectivity index (χ3v) is 3.30. The van der Waals surface area contributed by atoms with E-state index in [1.165, 1.54) is 17.5 Å². The molecule has 2 N–H and O–H groups in total. The SMILES string of the molecule is O=C(NCC(=O)N1CCNCC1)c1cncs1. The molecule has 0 spiro atoms. The number of carbonyl (C=O) groups is 2. The lowest BCUT2D eigenvalue weighted by Crippen LogP contribution is -2.49.